The summed E-state index contributed by atoms with van der Waals surface area (Å²) in [7, 11) is 0. The number of fused-ring (bicyclic) bond motifs is 4. The van der Waals surface area contributed by atoms with E-state index in [2.05, 4.69) is 4.98 Å². The third-order valence-electron chi connectivity index (χ3n) is 6.82. The molecule has 1 fully saturated rings. The molecule has 0 spiro atoms. The molecule has 2 aliphatic heterocycles. The molecule has 6 rings (SSSR count). The van der Waals surface area contributed by atoms with Crippen LogP contribution in [0.1, 0.15) is 38.8 Å². The largest absolute Gasteiger partial charge is 0.478 e. The summed E-state index contributed by atoms with van der Waals surface area (Å²) >= 11 is 0. The van der Waals surface area contributed by atoms with E-state index in [1.54, 1.807) is 17.0 Å². The van der Waals surface area contributed by atoms with Gasteiger partial charge in [0.05, 0.1) is 11.3 Å². The van der Waals surface area contributed by atoms with Crippen molar-refractivity contribution in [2.24, 2.45) is 0 Å². The van der Waals surface area contributed by atoms with Crippen molar-refractivity contribution in [2.75, 3.05) is 4.90 Å². The van der Waals surface area contributed by atoms with Gasteiger partial charge in [0, 0.05) is 23.0 Å². The molecule has 0 radical (unpaired) electrons. The Morgan fingerprint density at radius 2 is 1.68 bits per heavy atom. The molecule has 0 saturated carbocycles. The fourth-order valence-electron chi connectivity index (χ4n) is 5.24. The van der Waals surface area contributed by atoms with Crippen LogP contribution in [0.4, 0.5) is 10.5 Å². The minimum Gasteiger partial charge on any atom is -0.478 e. The summed E-state index contributed by atoms with van der Waals surface area (Å²) in [6.45, 7) is 2.00. The number of benzene rings is 3. The van der Waals surface area contributed by atoms with Crippen molar-refractivity contribution in [3.05, 3.63) is 101 Å². The summed E-state index contributed by atoms with van der Waals surface area (Å²) in [6, 6.07) is 20.2. The highest BCUT2D eigenvalue weighted by atomic mass is 16.4. The fraction of sp³-hybridized carbons (Fsp3) is 0.148. The first-order valence-electron chi connectivity index (χ1n) is 11.1. The van der Waals surface area contributed by atoms with Crippen molar-refractivity contribution in [1.29, 1.82) is 0 Å². The Hall–Kier alpha value is -4.39. The zero-order valence-corrected chi connectivity index (χ0v) is 18.4. The molecule has 34 heavy (non-hydrogen) atoms. The zero-order chi connectivity index (χ0) is 23.6. The van der Waals surface area contributed by atoms with Gasteiger partial charge in [-0.25, -0.2) is 14.5 Å². The van der Waals surface area contributed by atoms with Gasteiger partial charge >= 0.3 is 12.0 Å². The number of rotatable bonds is 3. The van der Waals surface area contributed by atoms with E-state index < -0.39 is 30.0 Å². The van der Waals surface area contributed by atoms with Crippen LogP contribution in [0.2, 0.25) is 0 Å². The van der Waals surface area contributed by atoms with E-state index in [0.29, 0.717) is 6.42 Å². The molecule has 168 valence electrons. The topological polar surface area (TPSA) is 93.7 Å². The quantitative estimate of drug-likeness (QED) is 0.443. The maximum atomic E-state index is 13.8. The SMILES string of the molecule is Cc1ccc([C@@H]2c3[nH]c4ccccc4c3C[C@H]3C(=O)N(c4ccccc4C(=O)O)C(=O)N23)cc1. The molecule has 2 aliphatic rings. The smallest absolute Gasteiger partial charge is 0.337 e. The number of nitrogens with one attached hydrogen (secondary N) is 1. The Bertz CT molecular complexity index is 1490. The monoisotopic (exact) mass is 451 g/mol. The lowest BCUT2D eigenvalue weighted by Gasteiger charge is -2.36. The minimum atomic E-state index is -1.19. The summed E-state index contributed by atoms with van der Waals surface area (Å²) in [5.74, 6) is -1.60. The summed E-state index contributed by atoms with van der Waals surface area (Å²) < 4.78 is 0. The van der Waals surface area contributed by atoms with E-state index in [0.717, 1.165) is 38.2 Å². The van der Waals surface area contributed by atoms with E-state index in [-0.39, 0.29) is 11.3 Å². The number of aromatic nitrogens is 1. The van der Waals surface area contributed by atoms with Gasteiger partial charge in [0.15, 0.2) is 0 Å². The first-order valence-corrected chi connectivity index (χ1v) is 11.1. The van der Waals surface area contributed by atoms with Gasteiger partial charge in [-0.15, -0.1) is 0 Å². The number of H-pyrrole nitrogens is 1. The van der Waals surface area contributed by atoms with E-state index >= 15 is 0 Å². The van der Waals surface area contributed by atoms with Gasteiger partial charge in [0.25, 0.3) is 5.91 Å². The molecular formula is C27H21N3O4. The molecule has 1 saturated heterocycles. The van der Waals surface area contributed by atoms with Crippen LogP contribution in [0, 0.1) is 6.92 Å². The van der Waals surface area contributed by atoms with Gasteiger partial charge in [-0.3, -0.25) is 9.69 Å². The number of aryl methyl sites for hydroxylation is 1. The average Bonchev–Trinajstić information content (AvgIpc) is 3.33. The summed E-state index contributed by atoms with van der Waals surface area (Å²) in [6.07, 6.45) is 0.359. The molecular weight excluding hydrogens is 430 g/mol. The molecule has 3 heterocycles. The van der Waals surface area contributed by atoms with Crippen molar-refractivity contribution in [1.82, 2.24) is 9.88 Å². The second-order valence-electron chi connectivity index (χ2n) is 8.78. The van der Waals surface area contributed by atoms with Crippen molar-refractivity contribution in [2.45, 2.75) is 25.4 Å². The molecule has 3 aromatic carbocycles. The number of anilines is 1. The van der Waals surface area contributed by atoms with Crippen LogP contribution in [-0.2, 0) is 11.2 Å². The van der Waals surface area contributed by atoms with Gasteiger partial charge in [0.2, 0.25) is 0 Å². The van der Waals surface area contributed by atoms with Gasteiger partial charge in [-0.2, -0.15) is 0 Å². The molecule has 3 amide bonds. The number of imide groups is 1. The van der Waals surface area contributed by atoms with Gasteiger partial charge in [-0.1, -0.05) is 60.2 Å². The highest BCUT2D eigenvalue weighted by molar-refractivity contribution is 6.23. The average molecular weight is 451 g/mol. The van der Waals surface area contributed by atoms with Crippen LogP contribution < -0.4 is 4.90 Å². The predicted molar refractivity (Wildman–Crippen MR) is 127 cm³/mol. The predicted octanol–water partition coefficient (Wildman–Crippen LogP) is 4.66. The highest BCUT2D eigenvalue weighted by Crippen LogP contribution is 2.45. The lowest BCUT2D eigenvalue weighted by Crippen LogP contribution is -2.44. The number of aromatic amines is 1. The summed E-state index contributed by atoms with van der Waals surface area (Å²) in [4.78, 5) is 45.5. The second-order valence-corrected chi connectivity index (χ2v) is 8.78. The Morgan fingerprint density at radius 1 is 0.971 bits per heavy atom. The molecule has 2 atom stereocenters. The third kappa shape index (κ3) is 2.80. The van der Waals surface area contributed by atoms with Crippen molar-refractivity contribution in [3.63, 3.8) is 0 Å². The molecule has 1 aromatic heterocycles. The number of carbonyl (C=O) groups excluding carboxylic acids is 2. The maximum absolute atomic E-state index is 13.8. The number of para-hydroxylation sites is 2. The number of carboxylic acids is 1. The number of carbonyl (C=O) groups is 3. The third-order valence-corrected chi connectivity index (χ3v) is 6.82. The Morgan fingerprint density at radius 3 is 2.44 bits per heavy atom. The molecule has 0 bridgehead atoms. The second kappa shape index (κ2) is 7.31. The zero-order valence-electron chi connectivity index (χ0n) is 18.4. The minimum absolute atomic E-state index is 0.0834. The van der Waals surface area contributed by atoms with Gasteiger partial charge in [0.1, 0.15) is 12.1 Å². The number of hydrogen-bond donors (Lipinski definition) is 2. The number of carboxylic acid groups (broad SMARTS) is 1. The highest BCUT2D eigenvalue weighted by Gasteiger charge is 2.53. The Balaban J connectivity index is 1.55. The van der Waals surface area contributed by atoms with E-state index in [1.807, 2.05) is 55.5 Å². The Labute approximate surface area is 195 Å². The fourth-order valence-corrected chi connectivity index (χ4v) is 5.24. The van der Waals surface area contributed by atoms with Crippen LogP contribution >= 0.6 is 0 Å². The van der Waals surface area contributed by atoms with E-state index in [9.17, 15) is 19.5 Å². The van der Waals surface area contributed by atoms with Gasteiger partial charge in [-0.05, 0) is 36.2 Å². The molecule has 7 heteroatoms. The van der Waals surface area contributed by atoms with Crippen molar-refractivity contribution >= 4 is 34.5 Å². The first kappa shape index (κ1) is 20.2. The van der Waals surface area contributed by atoms with E-state index in [4.69, 9.17) is 0 Å². The van der Waals surface area contributed by atoms with Crippen LogP contribution in [0.25, 0.3) is 10.9 Å². The number of aromatic carboxylic acids is 1. The van der Waals surface area contributed by atoms with Crippen molar-refractivity contribution in [3.8, 4) is 0 Å². The van der Waals surface area contributed by atoms with Crippen LogP contribution in [-0.4, -0.2) is 38.9 Å². The molecule has 4 aromatic rings. The Kier molecular flexibility index (Phi) is 4.35. The lowest BCUT2D eigenvalue weighted by molar-refractivity contribution is -0.120. The molecule has 7 nitrogen and oxygen atoms in total. The molecule has 0 aliphatic carbocycles. The summed E-state index contributed by atoms with van der Waals surface area (Å²) in [5, 5.41) is 10.7. The summed E-state index contributed by atoms with van der Waals surface area (Å²) in [5.41, 5.74) is 4.84. The van der Waals surface area contributed by atoms with Crippen LogP contribution in [0.15, 0.2) is 72.8 Å². The number of hydrogen-bond acceptors (Lipinski definition) is 3. The number of amides is 3. The standard InChI is InChI=1S/C27H21N3O4/c1-15-10-12-16(13-11-15)24-23-19(17-6-2-4-8-20(17)28-23)14-22-25(31)30(27(34)29(22)24)21-9-5-3-7-18(21)26(32)33/h2-13,22,24,28H,14H2,1H3,(H,32,33)/t22-,24+/m0/s1. The number of nitrogens with zero attached hydrogens (tertiary/aromatic N) is 2. The lowest BCUT2D eigenvalue weighted by atomic mass is 9.88. The van der Waals surface area contributed by atoms with E-state index in [1.165, 1.54) is 12.1 Å². The van der Waals surface area contributed by atoms with Crippen LogP contribution in [0.3, 0.4) is 0 Å². The molecule has 0 unspecified atom stereocenters. The van der Waals surface area contributed by atoms with Crippen LogP contribution in [0.5, 0.6) is 0 Å². The number of urea groups is 1. The normalized spacial score (nSPS) is 19.4. The van der Waals surface area contributed by atoms with Gasteiger partial charge < -0.3 is 10.1 Å². The van der Waals surface area contributed by atoms with Crippen molar-refractivity contribution < 1.29 is 19.5 Å². The molecule has 2 N–H and O–H groups in total. The first-order chi connectivity index (χ1) is 16.5. The maximum Gasteiger partial charge on any atom is 0.337 e.